The van der Waals surface area contributed by atoms with Gasteiger partial charge in [0.25, 0.3) is 0 Å². The molecule has 1 aliphatic heterocycles. The second kappa shape index (κ2) is 4.19. The highest BCUT2D eigenvalue weighted by molar-refractivity contribution is 7.89. The summed E-state index contributed by atoms with van der Waals surface area (Å²) in [5.41, 5.74) is 4.10. The van der Waals surface area contributed by atoms with Gasteiger partial charge in [0.15, 0.2) is 0 Å². The highest BCUT2D eigenvalue weighted by Crippen LogP contribution is 2.32. The zero-order chi connectivity index (χ0) is 14.5. The Morgan fingerprint density at radius 1 is 1.32 bits per heavy atom. The summed E-state index contributed by atoms with van der Waals surface area (Å²) in [6.45, 7) is 1.89. The Bertz CT molecular complexity index is 588. The molecule has 1 fully saturated rings. The summed E-state index contributed by atoms with van der Waals surface area (Å²) in [6, 6.07) is 3.71. The van der Waals surface area contributed by atoms with Crippen LogP contribution in [0.5, 0.6) is 0 Å². The van der Waals surface area contributed by atoms with Crippen molar-refractivity contribution in [2.45, 2.75) is 23.5 Å². The molecule has 2 N–H and O–H groups in total. The molecule has 0 saturated carbocycles. The third-order valence-electron chi connectivity index (χ3n) is 2.87. The van der Waals surface area contributed by atoms with E-state index >= 15 is 0 Å². The van der Waals surface area contributed by atoms with Crippen LogP contribution in [-0.4, -0.2) is 31.4 Å². The molecule has 8 heteroatoms. The maximum atomic E-state index is 12.5. The van der Waals surface area contributed by atoms with Crippen LogP contribution in [0.15, 0.2) is 29.2 Å². The number of hydrogen-bond acceptors (Lipinski definition) is 3. The van der Waals surface area contributed by atoms with E-state index in [1.165, 1.54) is 0 Å². The van der Waals surface area contributed by atoms with Crippen LogP contribution in [0, 0.1) is 0 Å². The molecule has 1 aromatic carbocycles. The van der Waals surface area contributed by atoms with E-state index in [-0.39, 0.29) is 18.0 Å². The van der Waals surface area contributed by atoms with Crippen LogP contribution in [-0.2, 0) is 16.2 Å². The van der Waals surface area contributed by atoms with Crippen LogP contribution >= 0.6 is 0 Å². The Morgan fingerprint density at radius 2 is 1.89 bits per heavy atom. The molecule has 1 heterocycles. The van der Waals surface area contributed by atoms with Gasteiger partial charge < -0.3 is 5.73 Å². The lowest BCUT2D eigenvalue weighted by atomic mass is 9.97. The van der Waals surface area contributed by atoms with Gasteiger partial charge in [-0.3, -0.25) is 0 Å². The van der Waals surface area contributed by atoms with Gasteiger partial charge in [0.2, 0.25) is 10.0 Å². The summed E-state index contributed by atoms with van der Waals surface area (Å²) < 4.78 is 62.9. The Kier molecular flexibility index (Phi) is 3.15. The van der Waals surface area contributed by atoms with Gasteiger partial charge >= 0.3 is 6.18 Å². The molecule has 0 bridgehead atoms. The van der Waals surface area contributed by atoms with Crippen LogP contribution in [0.3, 0.4) is 0 Å². The van der Waals surface area contributed by atoms with E-state index in [1.807, 2.05) is 0 Å². The minimum absolute atomic E-state index is 0.103. The molecule has 0 aromatic heterocycles. The Labute approximate surface area is 109 Å². The predicted molar refractivity (Wildman–Crippen MR) is 62.8 cm³/mol. The average Bonchev–Trinajstić information content (AvgIpc) is 2.25. The number of sulfonamides is 1. The maximum Gasteiger partial charge on any atom is 0.416 e. The second-order valence-electron chi connectivity index (χ2n) is 4.95. The minimum atomic E-state index is -4.57. The van der Waals surface area contributed by atoms with E-state index in [0.29, 0.717) is 6.07 Å². The molecule has 106 valence electrons. The number of alkyl halides is 3. The quantitative estimate of drug-likeness (QED) is 0.897. The van der Waals surface area contributed by atoms with Crippen LogP contribution in [0.1, 0.15) is 12.5 Å². The number of halogens is 3. The summed E-state index contributed by atoms with van der Waals surface area (Å²) in [5, 5.41) is 0. The molecule has 1 saturated heterocycles. The van der Waals surface area contributed by atoms with Gasteiger partial charge in [-0.25, -0.2) is 8.42 Å². The van der Waals surface area contributed by atoms with Crippen molar-refractivity contribution in [3.05, 3.63) is 29.8 Å². The van der Waals surface area contributed by atoms with Crippen molar-refractivity contribution in [2.75, 3.05) is 13.1 Å². The van der Waals surface area contributed by atoms with Gasteiger partial charge in [-0.15, -0.1) is 0 Å². The van der Waals surface area contributed by atoms with E-state index in [4.69, 9.17) is 5.73 Å². The van der Waals surface area contributed by atoms with Crippen molar-refractivity contribution >= 4 is 10.0 Å². The summed E-state index contributed by atoms with van der Waals surface area (Å²) in [4.78, 5) is -0.363. The van der Waals surface area contributed by atoms with Crippen molar-refractivity contribution in [3.63, 3.8) is 0 Å². The normalized spacial score (nSPS) is 20.1. The average molecular weight is 294 g/mol. The van der Waals surface area contributed by atoms with Crippen LogP contribution in [0.25, 0.3) is 0 Å². The molecule has 0 aliphatic carbocycles. The van der Waals surface area contributed by atoms with Crippen molar-refractivity contribution in [2.24, 2.45) is 5.73 Å². The molecule has 0 atom stereocenters. The summed E-state index contributed by atoms with van der Waals surface area (Å²) in [5.74, 6) is 0. The van der Waals surface area contributed by atoms with Gasteiger partial charge in [0.05, 0.1) is 10.5 Å². The van der Waals surface area contributed by atoms with Crippen molar-refractivity contribution in [1.29, 1.82) is 0 Å². The topological polar surface area (TPSA) is 63.4 Å². The monoisotopic (exact) mass is 294 g/mol. The molecule has 0 unspecified atom stereocenters. The van der Waals surface area contributed by atoms with Crippen LogP contribution in [0.2, 0.25) is 0 Å². The van der Waals surface area contributed by atoms with Gasteiger partial charge in [0.1, 0.15) is 0 Å². The molecule has 0 radical (unpaired) electrons. The number of rotatable bonds is 2. The van der Waals surface area contributed by atoms with Crippen LogP contribution < -0.4 is 5.73 Å². The predicted octanol–water partition coefficient (Wildman–Crippen LogP) is 1.43. The Morgan fingerprint density at radius 3 is 2.37 bits per heavy atom. The van der Waals surface area contributed by atoms with Crippen molar-refractivity contribution in [1.82, 2.24) is 4.31 Å². The Balaban J connectivity index is 2.32. The van der Waals surface area contributed by atoms with Gasteiger partial charge in [0, 0.05) is 18.6 Å². The first-order valence-corrected chi connectivity index (χ1v) is 6.93. The fourth-order valence-corrected chi connectivity index (χ4v) is 3.67. The lowest BCUT2D eigenvalue weighted by molar-refractivity contribution is -0.137. The van der Waals surface area contributed by atoms with E-state index in [1.54, 1.807) is 6.92 Å². The van der Waals surface area contributed by atoms with Gasteiger partial charge in [-0.1, -0.05) is 6.07 Å². The molecule has 4 nitrogen and oxygen atoms in total. The minimum Gasteiger partial charge on any atom is -0.323 e. The second-order valence-corrected chi connectivity index (χ2v) is 6.89. The Hall–Kier alpha value is -1.12. The van der Waals surface area contributed by atoms with Crippen molar-refractivity contribution < 1.29 is 21.6 Å². The third kappa shape index (κ3) is 2.75. The van der Waals surface area contributed by atoms with Crippen molar-refractivity contribution in [3.8, 4) is 0 Å². The molecule has 0 amide bonds. The van der Waals surface area contributed by atoms with Gasteiger partial charge in [-0.05, 0) is 25.1 Å². The third-order valence-corrected chi connectivity index (χ3v) is 4.66. The SMILES string of the molecule is CC1(N)CN(S(=O)(=O)c2cccc(C(F)(F)F)c2)C1. The first-order chi connectivity index (χ1) is 8.52. The summed E-state index contributed by atoms with van der Waals surface area (Å²) >= 11 is 0. The fraction of sp³-hybridized carbons (Fsp3) is 0.455. The number of nitrogens with zero attached hydrogens (tertiary/aromatic N) is 1. The number of hydrogen-bond donors (Lipinski definition) is 1. The molecular formula is C11H13F3N2O2S. The number of nitrogens with two attached hydrogens (primary N) is 1. The lowest BCUT2D eigenvalue weighted by Gasteiger charge is -2.44. The molecule has 2 rings (SSSR count). The highest BCUT2D eigenvalue weighted by Gasteiger charge is 2.43. The zero-order valence-corrected chi connectivity index (χ0v) is 10.9. The standard InChI is InChI=1S/C11H13F3N2O2S/c1-10(15)6-16(7-10)19(17,18)9-4-2-3-8(5-9)11(12,13)14/h2-5H,6-7,15H2,1H3. The zero-order valence-electron chi connectivity index (χ0n) is 10.1. The lowest BCUT2D eigenvalue weighted by Crippen LogP contribution is -2.66. The van der Waals surface area contributed by atoms with Crippen LogP contribution in [0.4, 0.5) is 13.2 Å². The highest BCUT2D eigenvalue weighted by atomic mass is 32.2. The van der Waals surface area contributed by atoms with E-state index in [0.717, 1.165) is 22.5 Å². The van der Waals surface area contributed by atoms with E-state index in [2.05, 4.69) is 0 Å². The smallest absolute Gasteiger partial charge is 0.323 e. The fourth-order valence-electron chi connectivity index (χ4n) is 1.91. The largest absolute Gasteiger partial charge is 0.416 e. The maximum absolute atomic E-state index is 12.5. The summed E-state index contributed by atoms with van der Waals surface area (Å²) in [7, 11) is -3.90. The first kappa shape index (κ1) is 14.3. The summed E-state index contributed by atoms with van der Waals surface area (Å²) in [6.07, 6.45) is -4.57. The molecule has 1 aliphatic rings. The first-order valence-electron chi connectivity index (χ1n) is 5.49. The number of benzene rings is 1. The van der Waals surface area contributed by atoms with E-state index < -0.39 is 27.3 Å². The molecular weight excluding hydrogens is 281 g/mol. The van der Waals surface area contributed by atoms with E-state index in [9.17, 15) is 21.6 Å². The molecule has 1 aromatic rings. The molecule has 0 spiro atoms. The molecule has 19 heavy (non-hydrogen) atoms. The van der Waals surface area contributed by atoms with Gasteiger partial charge in [-0.2, -0.15) is 17.5 Å².